The second kappa shape index (κ2) is 7.86. The minimum absolute atomic E-state index is 0.194. The van der Waals surface area contributed by atoms with E-state index in [4.69, 9.17) is 18.9 Å². The minimum atomic E-state index is -0.867. The molecule has 0 aliphatic carbocycles. The molecule has 31 heavy (non-hydrogen) atoms. The van der Waals surface area contributed by atoms with Crippen molar-refractivity contribution in [2.24, 2.45) is 0 Å². The molecular weight excluding hydrogens is 404 g/mol. The van der Waals surface area contributed by atoms with Gasteiger partial charge in [0.1, 0.15) is 17.1 Å². The fourth-order valence-electron chi connectivity index (χ4n) is 3.42. The number of rotatable bonds is 4. The predicted octanol–water partition coefficient (Wildman–Crippen LogP) is 2.27. The number of urea groups is 1. The van der Waals surface area contributed by atoms with E-state index in [9.17, 15) is 14.4 Å². The first-order chi connectivity index (χ1) is 15.0. The van der Waals surface area contributed by atoms with Crippen molar-refractivity contribution in [1.82, 2.24) is 10.6 Å². The molecule has 0 bridgehead atoms. The third-order valence-electron chi connectivity index (χ3n) is 4.80. The third kappa shape index (κ3) is 3.46. The van der Waals surface area contributed by atoms with Crippen LogP contribution in [0.2, 0.25) is 0 Å². The molecule has 0 atom stereocenters. The van der Waals surface area contributed by atoms with Crippen molar-refractivity contribution in [2.75, 3.05) is 21.3 Å². The molecule has 2 aliphatic rings. The van der Waals surface area contributed by atoms with Crippen LogP contribution in [0, 0.1) is 0 Å². The van der Waals surface area contributed by atoms with Crippen LogP contribution in [0.5, 0.6) is 23.0 Å². The van der Waals surface area contributed by atoms with Crippen LogP contribution < -0.4 is 29.6 Å². The number of fused-ring (bicyclic) bond motifs is 1. The molecule has 1 fully saturated rings. The maximum atomic E-state index is 12.5. The highest BCUT2D eigenvalue weighted by Gasteiger charge is 2.33. The van der Waals surface area contributed by atoms with Gasteiger partial charge in [0, 0.05) is 16.7 Å². The number of carbonyl (C=O) groups is 3. The van der Waals surface area contributed by atoms with Gasteiger partial charge in [0.25, 0.3) is 11.8 Å². The van der Waals surface area contributed by atoms with Crippen LogP contribution in [0.1, 0.15) is 11.1 Å². The molecule has 4 rings (SSSR count). The summed E-state index contributed by atoms with van der Waals surface area (Å²) in [6, 6.07) is 9.46. The van der Waals surface area contributed by atoms with Crippen molar-refractivity contribution >= 4 is 29.2 Å². The van der Waals surface area contributed by atoms with E-state index in [1.165, 1.54) is 21.3 Å². The Kier molecular flexibility index (Phi) is 5.08. The van der Waals surface area contributed by atoms with Crippen molar-refractivity contribution in [2.45, 2.75) is 0 Å². The quantitative estimate of drug-likeness (QED) is 0.574. The monoisotopic (exact) mass is 422 g/mol. The van der Waals surface area contributed by atoms with Crippen LogP contribution in [-0.2, 0) is 9.59 Å². The lowest BCUT2D eigenvalue weighted by atomic mass is 9.93. The zero-order valence-corrected chi connectivity index (χ0v) is 16.9. The molecule has 0 spiro atoms. The number of allylic oxidation sites excluding steroid dienone is 2. The topological polar surface area (TPSA) is 112 Å². The summed E-state index contributed by atoms with van der Waals surface area (Å²) in [6.07, 6.45) is 1.56. The van der Waals surface area contributed by atoms with Gasteiger partial charge in [0.2, 0.25) is 5.75 Å². The maximum absolute atomic E-state index is 12.5. The largest absolute Gasteiger partial charge is 0.493 e. The van der Waals surface area contributed by atoms with Crippen molar-refractivity contribution < 1.29 is 33.3 Å². The van der Waals surface area contributed by atoms with Crippen LogP contribution in [0.4, 0.5) is 4.79 Å². The highest BCUT2D eigenvalue weighted by atomic mass is 16.5. The van der Waals surface area contributed by atoms with E-state index in [1.807, 2.05) is 0 Å². The average molecular weight is 422 g/mol. The molecule has 2 aromatic carbocycles. The summed E-state index contributed by atoms with van der Waals surface area (Å²) in [5.41, 5.74) is 1.22. The maximum Gasteiger partial charge on any atom is 0.328 e. The van der Waals surface area contributed by atoms with Gasteiger partial charge in [-0.15, -0.1) is 0 Å². The van der Waals surface area contributed by atoms with E-state index < -0.39 is 17.8 Å². The normalized spacial score (nSPS) is 15.3. The highest BCUT2D eigenvalue weighted by Crippen LogP contribution is 2.43. The number of nitrogens with one attached hydrogen (secondary N) is 2. The minimum Gasteiger partial charge on any atom is -0.493 e. The number of barbiturate groups is 1. The molecule has 0 radical (unpaired) electrons. The van der Waals surface area contributed by atoms with Gasteiger partial charge in [-0.05, 0) is 24.3 Å². The Morgan fingerprint density at radius 1 is 0.839 bits per heavy atom. The van der Waals surface area contributed by atoms with Gasteiger partial charge in [-0.3, -0.25) is 20.2 Å². The second-order valence-corrected chi connectivity index (χ2v) is 6.55. The lowest BCUT2D eigenvalue weighted by Crippen LogP contribution is -2.51. The standard InChI is InChI=1S/C22H18N2O7/c1-28-16-8-11(9-17(29-2)19(16)30-3)15-10-13(12-6-4-5-7-14(12)31-15)18-20(25)23-22(27)24-21(18)26/h4-10H,1-3H3,(H2,23,24,25,26,27). The van der Waals surface area contributed by atoms with Crippen molar-refractivity contribution in [3.05, 3.63) is 59.2 Å². The first-order valence-electron chi connectivity index (χ1n) is 9.17. The lowest BCUT2D eigenvalue weighted by Gasteiger charge is -2.24. The summed E-state index contributed by atoms with van der Waals surface area (Å²) in [5.74, 6) is 0.434. The number of hydrogen-bond donors (Lipinski definition) is 2. The first kappa shape index (κ1) is 20.0. The van der Waals surface area contributed by atoms with Gasteiger partial charge in [-0.1, -0.05) is 18.2 Å². The van der Waals surface area contributed by atoms with E-state index in [0.717, 1.165) is 0 Å². The average Bonchev–Trinajstić information content (AvgIpc) is 2.77. The van der Waals surface area contributed by atoms with Gasteiger partial charge >= 0.3 is 6.03 Å². The van der Waals surface area contributed by atoms with Crippen molar-refractivity contribution in [1.29, 1.82) is 0 Å². The van der Waals surface area contributed by atoms with Crippen LogP contribution in [0.3, 0.4) is 0 Å². The number of benzene rings is 2. The molecular formula is C22H18N2O7. The first-order valence-corrected chi connectivity index (χ1v) is 9.17. The van der Waals surface area contributed by atoms with Crippen molar-refractivity contribution in [3.63, 3.8) is 0 Å². The highest BCUT2D eigenvalue weighted by molar-refractivity contribution is 6.33. The summed E-state index contributed by atoms with van der Waals surface area (Å²) in [4.78, 5) is 36.4. The van der Waals surface area contributed by atoms with E-state index >= 15 is 0 Å². The molecule has 9 nitrogen and oxygen atoms in total. The SMILES string of the molecule is COc1cc(C2=CC(=C3C(=O)NC(=O)NC3=O)c3ccccc3O2)cc(OC)c1OC. The molecule has 0 unspecified atom stereocenters. The van der Waals surface area contributed by atoms with Gasteiger partial charge < -0.3 is 18.9 Å². The van der Waals surface area contributed by atoms with Crippen LogP contribution in [-0.4, -0.2) is 39.2 Å². The summed E-state index contributed by atoms with van der Waals surface area (Å²) < 4.78 is 22.2. The lowest BCUT2D eigenvalue weighted by molar-refractivity contribution is -0.123. The van der Waals surface area contributed by atoms with Gasteiger partial charge in [0.15, 0.2) is 11.5 Å². The second-order valence-electron chi connectivity index (χ2n) is 6.55. The Balaban J connectivity index is 1.93. The summed E-state index contributed by atoms with van der Waals surface area (Å²) >= 11 is 0. The van der Waals surface area contributed by atoms with E-state index in [-0.39, 0.29) is 5.57 Å². The van der Waals surface area contributed by atoms with E-state index in [0.29, 0.717) is 45.5 Å². The molecule has 2 N–H and O–H groups in total. The Labute approximate surface area is 177 Å². The van der Waals surface area contributed by atoms with Gasteiger partial charge in [-0.25, -0.2) is 4.79 Å². The fraction of sp³-hybridized carbons (Fsp3) is 0.136. The Hall–Kier alpha value is -4.27. The van der Waals surface area contributed by atoms with Crippen LogP contribution in [0.25, 0.3) is 11.3 Å². The number of imide groups is 2. The summed E-state index contributed by atoms with van der Waals surface area (Å²) in [7, 11) is 4.48. The fourth-order valence-corrected chi connectivity index (χ4v) is 3.42. The number of methoxy groups -OCH3 is 3. The van der Waals surface area contributed by atoms with Crippen LogP contribution in [0.15, 0.2) is 48.0 Å². The number of carbonyl (C=O) groups excluding carboxylic acids is 3. The van der Waals surface area contributed by atoms with E-state index in [1.54, 1.807) is 42.5 Å². The molecule has 158 valence electrons. The van der Waals surface area contributed by atoms with Gasteiger partial charge in [-0.2, -0.15) is 0 Å². The number of hydrogen-bond acceptors (Lipinski definition) is 7. The Morgan fingerprint density at radius 2 is 1.45 bits per heavy atom. The molecule has 0 aromatic heterocycles. The molecule has 2 aliphatic heterocycles. The molecule has 0 saturated carbocycles. The third-order valence-corrected chi connectivity index (χ3v) is 4.80. The summed E-state index contributed by atoms with van der Waals surface area (Å²) in [6.45, 7) is 0. The molecule has 4 amide bonds. The molecule has 2 aromatic rings. The predicted molar refractivity (Wildman–Crippen MR) is 110 cm³/mol. The van der Waals surface area contributed by atoms with Crippen molar-refractivity contribution in [3.8, 4) is 23.0 Å². The number of para-hydroxylation sites is 1. The Morgan fingerprint density at radius 3 is 2.03 bits per heavy atom. The smallest absolute Gasteiger partial charge is 0.328 e. The molecule has 9 heteroatoms. The summed E-state index contributed by atoms with van der Waals surface area (Å²) in [5, 5.41) is 4.20. The zero-order valence-electron chi connectivity index (χ0n) is 16.9. The molecule has 2 heterocycles. The van der Waals surface area contributed by atoms with E-state index in [2.05, 4.69) is 10.6 Å². The number of ether oxygens (including phenoxy) is 4. The van der Waals surface area contributed by atoms with Gasteiger partial charge in [0.05, 0.1) is 21.3 Å². The Bertz CT molecular complexity index is 1130. The zero-order chi connectivity index (χ0) is 22.1. The molecule has 1 saturated heterocycles. The number of amides is 4. The van der Waals surface area contributed by atoms with Crippen LogP contribution >= 0.6 is 0 Å².